The Morgan fingerprint density at radius 1 is 1.11 bits per heavy atom. The zero-order valence-electron chi connectivity index (χ0n) is 12.4. The quantitative estimate of drug-likeness (QED) is 0.698. The highest BCUT2D eigenvalue weighted by atomic mass is 16.5. The minimum absolute atomic E-state index is 0.306. The summed E-state index contributed by atoms with van der Waals surface area (Å²) in [6, 6.07) is 6.35. The summed E-state index contributed by atoms with van der Waals surface area (Å²) in [6.45, 7) is 6.51. The van der Waals surface area contributed by atoms with Gasteiger partial charge in [-0.15, -0.1) is 0 Å². The van der Waals surface area contributed by atoms with Crippen molar-refractivity contribution >= 4 is 0 Å². The lowest BCUT2D eigenvalue weighted by molar-refractivity contribution is 0.146. The molecule has 1 aromatic carbocycles. The van der Waals surface area contributed by atoms with Crippen molar-refractivity contribution in [1.82, 2.24) is 5.32 Å². The zero-order valence-corrected chi connectivity index (χ0v) is 12.4. The summed E-state index contributed by atoms with van der Waals surface area (Å²) < 4.78 is 15.9. The molecule has 0 aromatic heterocycles. The Balaban J connectivity index is 2.69. The van der Waals surface area contributed by atoms with Crippen LogP contribution in [0.25, 0.3) is 0 Å². The van der Waals surface area contributed by atoms with Crippen LogP contribution < -0.4 is 14.8 Å². The Morgan fingerprint density at radius 2 is 1.84 bits per heavy atom. The molecule has 1 unspecified atom stereocenters. The molecule has 1 N–H and O–H groups in total. The number of rotatable bonds is 9. The van der Waals surface area contributed by atoms with E-state index >= 15 is 0 Å². The highest BCUT2D eigenvalue weighted by molar-refractivity contribution is 5.43. The molecule has 4 nitrogen and oxygen atoms in total. The fourth-order valence-electron chi connectivity index (χ4n) is 2.02. The zero-order chi connectivity index (χ0) is 14.1. The molecule has 0 heterocycles. The number of hydrogen-bond acceptors (Lipinski definition) is 4. The van der Waals surface area contributed by atoms with Crippen molar-refractivity contribution in [2.24, 2.45) is 0 Å². The fourth-order valence-corrected chi connectivity index (χ4v) is 2.02. The van der Waals surface area contributed by atoms with Crippen LogP contribution in [-0.4, -0.2) is 34.0 Å². The minimum Gasteiger partial charge on any atom is -0.493 e. The van der Waals surface area contributed by atoms with Crippen LogP contribution in [0.1, 0.15) is 31.9 Å². The average molecular weight is 267 g/mol. The van der Waals surface area contributed by atoms with E-state index in [-0.39, 0.29) is 0 Å². The molecule has 0 saturated carbocycles. The Bertz CT molecular complexity index is 368. The molecule has 0 bridgehead atoms. The van der Waals surface area contributed by atoms with E-state index in [1.54, 1.807) is 14.2 Å². The monoisotopic (exact) mass is 267 g/mol. The van der Waals surface area contributed by atoms with Gasteiger partial charge in [0.25, 0.3) is 0 Å². The van der Waals surface area contributed by atoms with Crippen LogP contribution in [0.5, 0.6) is 11.5 Å². The summed E-state index contributed by atoms with van der Waals surface area (Å²) >= 11 is 0. The maximum Gasteiger partial charge on any atom is 0.161 e. The van der Waals surface area contributed by atoms with Crippen LogP contribution in [-0.2, 0) is 4.74 Å². The van der Waals surface area contributed by atoms with Gasteiger partial charge >= 0.3 is 0 Å². The van der Waals surface area contributed by atoms with Crippen molar-refractivity contribution in [3.8, 4) is 11.5 Å². The highest BCUT2D eigenvalue weighted by Gasteiger charge is 2.12. The number of ether oxygens (including phenoxy) is 3. The molecule has 0 saturated heterocycles. The van der Waals surface area contributed by atoms with E-state index < -0.39 is 0 Å². The first-order chi connectivity index (χ1) is 9.26. The van der Waals surface area contributed by atoms with E-state index in [0.29, 0.717) is 6.04 Å². The Kier molecular flexibility index (Phi) is 7.30. The predicted molar refractivity (Wildman–Crippen MR) is 77.1 cm³/mol. The van der Waals surface area contributed by atoms with Gasteiger partial charge in [-0.2, -0.15) is 0 Å². The smallest absolute Gasteiger partial charge is 0.161 e. The number of hydrogen-bond donors (Lipinski definition) is 1. The molecule has 4 heteroatoms. The first kappa shape index (κ1) is 15.8. The van der Waals surface area contributed by atoms with Crippen LogP contribution in [0.15, 0.2) is 18.2 Å². The second kappa shape index (κ2) is 8.77. The molecular formula is C15H25NO3. The van der Waals surface area contributed by atoms with E-state index in [9.17, 15) is 0 Å². The number of methoxy groups -OCH3 is 2. The molecule has 0 aliphatic rings. The third kappa shape index (κ3) is 4.73. The minimum atomic E-state index is 0.306. The van der Waals surface area contributed by atoms with Gasteiger partial charge in [0, 0.05) is 19.2 Å². The predicted octanol–water partition coefficient (Wildman–Crippen LogP) is 2.78. The summed E-state index contributed by atoms with van der Waals surface area (Å²) in [7, 11) is 3.31. The largest absolute Gasteiger partial charge is 0.493 e. The first-order valence-corrected chi connectivity index (χ1v) is 6.79. The maximum atomic E-state index is 5.34. The third-order valence-corrected chi connectivity index (χ3v) is 3.06. The van der Waals surface area contributed by atoms with E-state index in [2.05, 4.69) is 18.3 Å². The second-order valence-corrected chi connectivity index (χ2v) is 4.23. The van der Waals surface area contributed by atoms with E-state index in [4.69, 9.17) is 14.2 Å². The van der Waals surface area contributed by atoms with Gasteiger partial charge in [0.15, 0.2) is 11.5 Å². The van der Waals surface area contributed by atoms with E-state index in [1.165, 1.54) is 5.56 Å². The van der Waals surface area contributed by atoms with Gasteiger partial charge in [-0.3, -0.25) is 0 Å². The van der Waals surface area contributed by atoms with Gasteiger partial charge in [0.1, 0.15) is 0 Å². The fraction of sp³-hybridized carbons (Fsp3) is 0.600. The van der Waals surface area contributed by atoms with E-state index in [1.807, 2.05) is 19.1 Å². The topological polar surface area (TPSA) is 39.7 Å². The summed E-state index contributed by atoms with van der Waals surface area (Å²) in [6.07, 6.45) is 1.02. The van der Waals surface area contributed by atoms with Crippen LogP contribution in [0.4, 0.5) is 0 Å². The SMILES string of the molecule is CCOCCNC(CC)c1ccc(OC)c(OC)c1. The maximum absolute atomic E-state index is 5.34. The van der Waals surface area contributed by atoms with Crippen molar-refractivity contribution in [2.45, 2.75) is 26.3 Å². The van der Waals surface area contributed by atoms with Gasteiger partial charge in [-0.05, 0) is 31.0 Å². The Hall–Kier alpha value is -1.26. The summed E-state index contributed by atoms with van der Waals surface area (Å²) in [4.78, 5) is 0. The van der Waals surface area contributed by atoms with Gasteiger partial charge in [-0.25, -0.2) is 0 Å². The van der Waals surface area contributed by atoms with Crippen LogP contribution >= 0.6 is 0 Å². The molecule has 0 spiro atoms. The lowest BCUT2D eigenvalue weighted by atomic mass is 10.0. The lowest BCUT2D eigenvalue weighted by Gasteiger charge is -2.19. The molecule has 108 valence electrons. The van der Waals surface area contributed by atoms with Gasteiger partial charge in [0.05, 0.1) is 20.8 Å². The standard InChI is InChI=1S/C15H25NO3/c1-5-13(16-9-10-19-6-2)12-7-8-14(17-3)15(11-12)18-4/h7-8,11,13,16H,5-6,9-10H2,1-4H3. The number of nitrogens with one attached hydrogen (secondary N) is 1. The van der Waals surface area contributed by atoms with Crippen molar-refractivity contribution in [1.29, 1.82) is 0 Å². The van der Waals surface area contributed by atoms with Gasteiger partial charge in [0.2, 0.25) is 0 Å². The molecule has 0 aliphatic carbocycles. The Labute approximate surface area is 116 Å². The first-order valence-electron chi connectivity index (χ1n) is 6.79. The lowest BCUT2D eigenvalue weighted by Crippen LogP contribution is -2.25. The average Bonchev–Trinajstić information content (AvgIpc) is 2.46. The van der Waals surface area contributed by atoms with Gasteiger partial charge in [-0.1, -0.05) is 13.0 Å². The van der Waals surface area contributed by atoms with Gasteiger partial charge < -0.3 is 19.5 Å². The number of benzene rings is 1. The molecule has 1 aromatic rings. The Morgan fingerprint density at radius 3 is 2.42 bits per heavy atom. The van der Waals surface area contributed by atoms with Crippen LogP contribution in [0.3, 0.4) is 0 Å². The molecule has 0 aliphatic heterocycles. The highest BCUT2D eigenvalue weighted by Crippen LogP contribution is 2.30. The molecule has 1 rings (SSSR count). The normalized spacial score (nSPS) is 12.2. The van der Waals surface area contributed by atoms with Crippen molar-refractivity contribution in [3.63, 3.8) is 0 Å². The second-order valence-electron chi connectivity index (χ2n) is 4.23. The molecular weight excluding hydrogens is 242 g/mol. The molecule has 1 atom stereocenters. The summed E-state index contributed by atoms with van der Waals surface area (Å²) in [5.74, 6) is 1.53. The van der Waals surface area contributed by atoms with Crippen LogP contribution in [0, 0.1) is 0 Å². The van der Waals surface area contributed by atoms with Crippen molar-refractivity contribution < 1.29 is 14.2 Å². The summed E-state index contributed by atoms with van der Waals surface area (Å²) in [5.41, 5.74) is 1.21. The van der Waals surface area contributed by atoms with E-state index in [0.717, 1.165) is 37.7 Å². The molecule has 0 fully saturated rings. The molecule has 19 heavy (non-hydrogen) atoms. The van der Waals surface area contributed by atoms with Crippen molar-refractivity contribution in [2.75, 3.05) is 34.0 Å². The van der Waals surface area contributed by atoms with Crippen LogP contribution in [0.2, 0.25) is 0 Å². The van der Waals surface area contributed by atoms with Crippen molar-refractivity contribution in [3.05, 3.63) is 23.8 Å². The molecule has 0 amide bonds. The summed E-state index contributed by atoms with van der Waals surface area (Å²) in [5, 5.41) is 3.49. The molecule has 0 radical (unpaired) electrons. The third-order valence-electron chi connectivity index (χ3n) is 3.06.